The average Bonchev–Trinajstić information content (AvgIpc) is 2.70. The van der Waals surface area contributed by atoms with Crippen molar-refractivity contribution in [1.82, 2.24) is 4.90 Å². The molecular formula is C66H103NO18. The Labute approximate surface area is 505 Å². The second kappa shape index (κ2) is 35.2. The van der Waals surface area contributed by atoms with Crippen molar-refractivity contribution in [1.29, 1.82) is 0 Å². The topological polar surface area (TPSA) is 254 Å². The molecule has 1 aliphatic carbocycles. The molecular weight excluding hydrogens is 1090 g/mol. The molecule has 1 saturated carbocycles. The van der Waals surface area contributed by atoms with E-state index in [1.165, 1.54) is 21.1 Å². The van der Waals surface area contributed by atoms with Crippen molar-refractivity contribution in [2.45, 2.75) is 239 Å². The minimum absolute atomic E-state index is 0.0200. The second-order valence-corrected chi connectivity index (χ2v) is 25.1. The van der Waals surface area contributed by atoms with Crippen LogP contribution in [0.3, 0.4) is 0 Å². The van der Waals surface area contributed by atoms with E-state index in [2.05, 4.69) is 0 Å². The Kier molecular flexibility index (Phi) is 30.0. The zero-order valence-corrected chi connectivity index (χ0v) is 53.3. The minimum atomic E-state index is -2.49. The third kappa shape index (κ3) is 21.1. The number of carbonyl (C=O) groups is 8. The molecule has 0 aromatic heterocycles. The van der Waals surface area contributed by atoms with Crippen molar-refractivity contribution in [2.24, 2.45) is 40.9 Å². The number of esters is 4. The number of Topliss-reactive ketones (excluding diaryl/α,β-unsaturated/α-hetero) is 3. The molecule has 0 aromatic rings. The summed E-state index contributed by atoms with van der Waals surface area (Å²) in [6.07, 6.45) is 12.3. The van der Waals surface area contributed by atoms with Gasteiger partial charge in [0.25, 0.3) is 11.7 Å². The van der Waals surface area contributed by atoms with E-state index in [0.29, 0.717) is 76.2 Å². The minimum Gasteiger partial charge on any atom is -0.464 e. The van der Waals surface area contributed by atoms with Crippen LogP contribution in [0.4, 0.5) is 0 Å². The Balaban J connectivity index is 1.66. The number of unbranched alkanes of at least 4 members (excludes halogenated alkanes) is 2. The molecule has 0 unspecified atom stereocenters. The van der Waals surface area contributed by atoms with Crippen molar-refractivity contribution in [3.8, 4) is 0 Å². The predicted molar refractivity (Wildman–Crippen MR) is 318 cm³/mol. The maximum Gasteiger partial charge on any atom is 0.329 e. The summed E-state index contributed by atoms with van der Waals surface area (Å²) in [5.74, 6) is -10.5. The Morgan fingerprint density at radius 1 is 0.800 bits per heavy atom. The van der Waals surface area contributed by atoms with Gasteiger partial charge in [0, 0.05) is 71.3 Å². The fraction of sp³-hybridized carbons (Fsp3) is 0.758. The summed E-state index contributed by atoms with van der Waals surface area (Å²) >= 11 is 0. The molecule has 2 bridgehead atoms. The number of piperidine rings is 1. The number of rotatable bonds is 18. The van der Waals surface area contributed by atoms with Crippen molar-refractivity contribution in [2.75, 3.05) is 41.1 Å². The van der Waals surface area contributed by atoms with Crippen LogP contribution in [-0.2, 0) is 76.3 Å². The Morgan fingerprint density at radius 3 is 2.07 bits per heavy atom. The quantitative estimate of drug-likeness (QED) is 0.0561. The van der Waals surface area contributed by atoms with Crippen LogP contribution in [-0.4, -0.2) is 158 Å². The Bertz CT molecular complexity index is 2340. The number of carbonyl (C=O) groups excluding carboxylic acids is 8. The number of allylic oxidation sites excluding steroid dienone is 6. The van der Waals surface area contributed by atoms with Gasteiger partial charge in [0.15, 0.2) is 5.78 Å². The van der Waals surface area contributed by atoms with Gasteiger partial charge in [-0.2, -0.15) is 0 Å². The number of cyclic esters (lactones) is 1. The number of hydrogen-bond acceptors (Lipinski definition) is 18. The number of fused-ring (bicyclic) bond motifs is 3. The molecule has 480 valence electrons. The average molecular weight is 1200 g/mol. The van der Waals surface area contributed by atoms with Crippen molar-refractivity contribution in [3.05, 3.63) is 47.6 Å². The molecule has 0 spiro atoms. The van der Waals surface area contributed by atoms with E-state index in [4.69, 9.17) is 37.9 Å². The number of hydrogen-bond donors (Lipinski definition) is 2. The van der Waals surface area contributed by atoms with E-state index in [-0.39, 0.29) is 75.3 Å². The fourth-order valence-electron chi connectivity index (χ4n) is 11.9. The molecule has 4 aliphatic rings. The maximum atomic E-state index is 14.7. The highest BCUT2D eigenvalue weighted by Gasteiger charge is 2.53. The zero-order chi connectivity index (χ0) is 63.2. The molecule has 1 amide bonds. The SMILES string of the molecule is CCCCC(=O)OCC(C)(COC(=O)CCCC)C(=O)O[C@@H]1CC[C@@H](C[C@@H](C)[C@@H]2CC(=O)[C@H](C)/C=C(\C)[C@@H](O)[C@@H](OC)C(=O)[C@H](C)C[C@H](C)/C=C/C=C/C=C(\C)[C@@H](OC)C[C@@H]3CC[C@@H](C)[C@@](O)(O3)C(=O)C(=O)N3CCCC[C@H]3C(=O)O2)C[C@H]1OC. The summed E-state index contributed by atoms with van der Waals surface area (Å²) < 4.78 is 47.2. The fourth-order valence-corrected chi connectivity index (χ4v) is 11.9. The van der Waals surface area contributed by atoms with Crippen molar-refractivity contribution >= 4 is 47.1 Å². The molecule has 4 rings (SSSR count). The van der Waals surface area contributed by atoms with Crippen molar-refractivity contribution in [3.63, 3.8) is 0 Å². The van der Waals surface area contributed by atoms with Crippen LogP contribution in [0, 0.1) is 40.9 Å². The number of aliphatic hydroxyl groups excluding tert-OH is 1. The van der Waals surface area contributed by atoms with E-state index in [0.717, 1.165) is 23.3 Å². The first-order chi connectivity index (χ1) is 40.3. The summed E-state index contributed by atoms with van der Waals surface area (Å²) in [6.45, 7) is 17.2. The molecule has 2 N–H and O–H groups in total. The Morgan fingerprint density at radius 2 is 1.46 bits per heavy atom. The van der Waals surface area contributed by atoms with Gasteiger partial charge in [0.1, 0.15) is 54.9 Å². The summed E-state index contributed by atoms with van der Waals surface area (Å²) in [5, 5.41) is 23.7. The lowest BCUT2D eigenvalue weighted by molar-refractivity contribution is -0.265. The lowest BCUT2D eigenvalue weighted by Crippen LogP contribution is -2.61. The highest BCUT2D eigenvalue weighted by Crippen LogP contribution is 2.39. The summed E-state index contributed by atoms with van der Waals surface area (Å²) in [4.78, 5) is 112. The molecule has 15 atom stereocenters. The first-order valence-corrected chi connectivity index (χ1v) is 31.3. The van der Waals surface area contributed by atoms with Gasteiger partial charge in [-0.3, -0.25) is 33.6 Å². The maximum absolute atomic E-state index is 14.7. The summed E-state index contributed by atoms with van der Waals surface area (Å²) in [7, 11) is 4.43. The molecule has 85 heavy (non-hydrogen) atoms. The molecule has 19 nitrogen and oxygen atoms in total. The highest BCUT2D eigenvalue weighted by atomic mass is 16.6. The monoisotopic (exact) mass is 1200 g/mol. The molecule has 2 saturated heterocycles. The largest absolute Gasteiger partial charge is 0.464 e. The zero-order valence-electron chi connectivity index (χ0n) is 53.3. The normalized spacial score (nSPS) is 33.7. The van der Waals surface area contributed by atoms with Crippen LogP contribution in [0.2, 0.25) is 0 Å². The van der Waals surface area contributed by atoms with E-state index in [9.17, 15) is 48.6 Å². The van der Waals surface area contributed by atoms with Crippen LogP contribution < -0.4 is 0 Å². The summed E-state index contributed by atoms with van der Waals surface area (Å²) in [6, 6.07) is -1.23. The van der Waals surface area contributed by atoms with E-state index in [1.807, 2.05) is 65.0 Å². The van der Waals surface area contributed by atoms with Crippen molar-refractivity contribution < 1.29 is 86.5 Å². The first kappa shape index (κ1) is 72.6. The van der Waals surface area contributed by atoms with Gasteiger partial charge in [-0.1, -0.05) is 97.8 Å². The molecule has 3 fully saturated rings. The van der Waals surface area contributed by atoms with Crippen LogP contribution in [0.25, 0.3) is 0 Å². The molecule has 3 heterocycles. The van der Waals surface area contributed by atoms with Gasteiger partial charge in [-0.15, -0.1) is 0 Å². The predicted octanol–water partition coefficient (Wildman–Crippen LogP) is 9.20. The van der Waals surface area contributed by atoms with Crippen LogP contribution in [0.5, 0.6) is 0 Å². The lowest BCUT2D eigenvalue weighted by atomic mass is 9.78. The number of ketones is 3. The third-order valence-electron chi connectivity index (χ3n) is 17.8. The van der Waals surface area contributed by atoms with E-state index >= 15 is 0 Å². The van der Waals surface area contributed by atoms with Gasteiger partial charge in [0.2, 0.25) is 5.79 Å². The molecule has 0 aromatic carbocycles. The van der Waals surface area contributed by atoms with Gasteiger partial charge in [-0.25, -0.2) is 4.79 Å². The number of nitrogens with zero attached hydrogens (tertiary/aromatic N) is 1. The number of methoxy groups -OCH3 is 3. The highest BCUT2D eigenvalue weighted by molar-refractivity contribution is 6.39. The smallest absolute Gasteiger partial charge is 0.329 e. The Hall–Kier alpha value is -4.92. The molecule has 3 aliphatic heterocycles. The lowest BCUT2D eigenvalue weighted by Gasteiger charge is -2.42. The number of aliphatic hydroxyl groups is 2. The number of amides is 1. The van der Waals surface area contributed by atoms with Gasteiger partial charge in [-0.05, 0) is 127 Å². The third-order valence-corrected chi connectivity index (χ3v) is 17.8. The van der Waals surface area contributed by atoms with E-state index in [1.54, 1.807) is 40.9 Å². The van der Waals surface area contributed by atoms with E-state index < -0.39 is 119 Å². The van der Waals surface area contributed by atoms with Crippen LogP contribution >= 0.6 is 0 Å². The standard InChI is InChI=1S/C66H103NO18/c1-14-16-26-56(69)81-39-65(10,40-82-57(70)27-17-15-2)64(76)84-52-31-29-48(36-55(52)79-12)35-44(6)54-38-51(68)43(5)34-46(8)59(72)60(80-13)58(71)45(7)33-41(3)23-19-18-20-24-42(4)53(78-11)37-49-30-28-47(9)66(77,85-49)61(73)62(74)67-32-22-21-25-50(67)63(75)83-54/h18-20,23-24,34,41,43-45,47-50,52-55,59-60,72,77H,14-17,21-22,25-33,35-40H2,1-13H3/b20-18+,23-19+,42-24+,46-34+/t41-,43-,44-,45-,47-,48+,49+,50+,52-,53+,54+,55-,59-,60+,66-/m1/s1. The first-order valence-electron chi connectivity index (χ1n) is 31.3. The van der Waals surface area contributed by atoms with Gasteiger partial charge >= 0.3 is 23.9 Å². The van der Waals surface area contributed by atoms with Gasteiger partial charge in [0.05, 0.1) is 18.3 Å². The second-order valence-electron chi connectivity index (χ2n) is 25.1. The summed E-state index contributed by atoms with van der Waals surface area (Å²) in [5.41, 5.74) is -0.319. The van der Waals surface area contributed by atoms with Crippen LogP contribution in [0.15, 0.2) is 47.6 Å². The van der Waals surface area contributed by atoms with Crippen LogP contribution in [0.1, 0.15) is 185 Å². The van der Waals surface area contributed by atoms with Gasteiger partial charge < -0.3 is 53.0 Å². The molecule has 0 radical (unpaired) electrons. The molecule has 19 heteroatoms. The number of ether oxygens (including phenoxy) is 8.